The van der Waals surface area contributed by atoms with Crippen molar-refractivity contribution in [3.63, 3.8) is 0 Å². The highest BCUT2D eigenvalue weighted by Crippen LogP contribution is 2.17. The molecule has 4 nitrogen and oxygen atoms in total. The fraction of sp³-hybridized carbons (Fsp3) is 0.300. The molecule has 2 rings (SSSR count). The second-order valence-electron chi connectivity index (χ2n) is 5.43. The molecular formula is C20H24O4. The standard InChI is InChI=1S/C12H10.C8H14O4/c1-3-7-11(8-4-1)12-9-5-2-6-10-12;9-7(10)5-3-1-2-4-6-8(11)12/h1-10H;1-6H2,(H,9,10)(H,11,12). The lowest BCUT2D eigenvalue weighted by Gasteiger charge is -1.98. The molecule has 2 aromatic rings. The molecule has 0 saturated carbocycles. The minimum atomic E-state index is -0.784. The van der Waals surface area contributed by atoms with Gasteiger partial charge in [-0.15, -0.1) is 0 Å². The van der Waals surface area contributed by atoms with Crippen LogP contribution in [0.5, 0.6) is 0 Å². The first-order valence-corrected chi connectivity index (χ1v) is 8.13. The van der Waals surface area contributed by atoms with Crippen molar-refractivity contribution in [1.29, 1.82) is 0 Å². The van der Waals surface area contributed by atoms with E-state index in [0.29, 0.717) is 12.8 Å². The number of carbonyl (C=O) groups is 2. The van der Waals surface area contributed by atoms with Crippen LogP contribution >= 0.6 is 0 Å². The molecule has 0 fully saturated rings. The van der Waals surface area contributed by atoms with Crippen molar-refractivity contribution in [2.45, 2.75) is 38.5 Å². The summed E-state index contributed by atoms with van der Waals surface area (Å²) in [5, 5.41) is 16.5. The molecule has 2 aromatic carbocycles. The summed E-state index contributed by atoms with van der Waals surface area (Å²) < 4.78 is 0. The van der Waals surface area contributed by atoms with Crippen molar-refractivity contribution in [2.24, 2.45) is 0 Å². The second-order valence-corrected chi connectivity index (χ2v) is 5.43. The van der Waals surface area contributed by atoms with Gasteiger partial charge in [-0.3, -0.25) is 9.59 Å². The van der Waals surface area contributed by atoms with Gasteiger partial charge in [-0.05, 0) is 24.0 Å². The van der Waals surface area contributed by atoms with Crippen LogP contribution in [0.15, 0.2) is 60.7 Å². The number of benzene rings is 2. The van der Waals surface area contributed by atoms with Gasteiger partial charge in [0.1, 0.15) is 0 Å². The summed E-state index contributed by atoms with van der Waals surface area (Å²) in [7, 11) is 0. The summed E-state index contributed by atoms with van der Waals surface area (Å²) in [5.41, 5.74) is 2.55. The number of carboxylic acid groups (broad SMARTS) is 2. The predicted molar refractivity (Wildman–Crippen MR) is 94.9 cm³/mol. The van der Waals surface area contributed by atoms with Crippen molar-refractivity contribution in [2.75, 3.05) is 0 Å². The topological polar surface area (TPSA) is 74.6 Å². The molecule has 0 aliphatic heterocycles. The molecule has 2 N–H and O–H groups in total. The normalized spacial score (nSPS) is 9.67. The van der Waals surface area contributed by atoms with Crippen LogP contribution in [-0.2, 0) is 9.59 Å². The molecule has 4 heteroatoms. The number of aliphatic carboxylic acids is 2. The van der Waals surface area contributed by atoms with Crippen LogP contribution < -0.4 is 0 Å². The molecule has 128 valence electrons. The summed E-state index contributed by atoms with van der Waals surface area (Å²) in [5.74, 6) is -1.57. The Balaban J connectivity index is 0.000000240. The largest absolute Gasteiger partial charge is 0.481 e. The molecule has 0 atom stereocenters. The van der Waals surface area contributed by atoms with E-state index in [-0.39, 0.29) is 12.8 Å². The molecule has 0 aliphatic rings. The predicted octanol–water partition coefficient (Wildman–Crippen LogP) is 4.85. The van der Waals surface area contributed by atoms with Crippen molar-refractivity contribution in [1.82, 2.24) is 0 Å². The highest BCUT2D eigenvalue weighted by atomic mass is 16.4. The van der Waals surface area contributed by atoms with Crippen LogP contribution in [0.3, 0.4) is 0 Å². The number of unbranched alkanes of at least 4 members (excludes halogenated alkanes) is 3. The zero-order valence-corrected chi connectivity index (χ0v) is 13.7. The monoisotopic (exact) mass is 328 g/mol. The van der Waals surface area contributed by atoms with Gasteiger partial charge in [-0.25, -0.2) is 0 Å². The molecule has 0 aromatic heterocycles. The summed E-state index contributed by atoms with van der Waals surface area (Å²) >= 11 is 0. The Morgan fingerprint density at radius 3 is 1.21 bits per heavy atom. The number of rotatable bonds is 8. The van der Waals surface area contributed by atoms with Crippen molar-refractivity contribution >= 4 is 11.9 Å². The van der Waals surface area contributed by atoms with Crippen LogP contribution in [0, 0.1) is 0 Å². The van der Waals surface area contributed by atoms with E-state index in [1.165, 1.54) is 11.1 Å². The third kappa shape index (κ3) is 9.41. The Kier molecular flexibility index (Phi) is 9.62. The highest BCUT2D eigenvalue weighted by molar-refractivity contribution is 5.67. The first-order chi connectivity index (χ1) is 11.6. The van der Waals surface area contributed by atoms with E-state index >= 15 is 0 Å². The van der Waals surface area contributed by atoms with Crippen molar-refractivity contribution in [3.8, 4) is 11.1 Å². The molecular weight excluding hydrogens is 304 g/mol. The third-order valence-electron chi connectivity index (χ3n) is 3.41. The second kappa shape index (κ2) is 11.9. The molecule has 0 radical (unpaired) electrons. The summed E-state index contributed by atoms with van der Waals surface area (Å²) in [6, 6.07) is 20.8. The summed E-state index contributed by atoms with van der Waals surface area (Å²) in [6.07, 6.45) is 3.28. The lowest BCUT2D eigenvalue weighted by Crippen LogP contribution is -1.95. The smallest absolute Gasteiger partial charge is 0.303 e. The van der Waals surface area contributed by atoms with Gasteiger partial charge in [0, 0.05) is 12.8 Å². The zero-order chi connectivity index (χ0) is 17.6. The molecule has 0 aliphatic carbocycles. The third-order valence-corrected chi connectivity index (χ3v) is 3.41. The molecule has 0 heterocycles. The maximum Gasteiger partial charge on any atom is 0.303 e. The summed E-state index contributed by atoms with van der Waals surface area (Å²) in [4.78, 5) is 20.1. The van der Waals surface area contributed by atoms with E-state index in [2.05, 4.69) is 48.5 Å². The maximum absolute atomic E-state index is 10.0. The van der Waals surface area contributed by atoms with Crippen LogP contribution in [-0.4, -0.2) is 22.2 Å². The average Bonchev–Trinajstić information content (AvgIpc) is 2.60. The van der Waals surface area contributed by atoms with Crippen molar-refractivity contribution in [3.05, 3.63) is 60.7 Å². The van der Waals surface area contributed by atoms with Crippen molar-refractivity contribution < 1.29 is 19.8 Å². The number of hydrogen-bond acceptors (Lipinski definition) is 2. The SMILES string of the molecule is O=C(O)CCCCCCC(=O)O.c1ccc(-c2ccccc2)cc1. The van der Waals surface area contributed by atoms with Gasteiger partial charge in [0.15, 0.2) is 0 Å². The minimum absolute atomic E-state index is 0.188. The van der Waals surface area contributed by atoms with Gasteiger partial charge in [0.25, 0.3) is 0 Å². The van der Waals surface area contributed by atoms with Gasteiger partial charge in [0.05, 0.1) is 0 Å². The molecule has 0 amide bonds. The van der Waals surface area contributed by atoms with Crippen LogP contribution in [0.4, 0.5) is 0 Å². The highest BCUT2D eigenvalue weighted by Gasteiger charge is 1.98. The maximum atomic E-state index is 10.0. The lowest BCUT2D eigenvalue weighted by molar-refractivity contribution is -0.138. The van der Waals surface area contributed by atoms with Gasteiger partial charge < -0.3 is 10.2 Å². The number of carboxylic acids is 2. The minimum Gasteiger partial charge on any atom is -0.481 e. The first-order valence-electron chi connectivity index (χ1n) is 8.13. The van der Waals surface area contributed by atoms with Gasteiger partial charge in [-0.1, -0.05) is 73.5 Å². The Morgan fingerprint density at radius 1 is 0.583 bits per heavy atom. The molecule has 0 bridgehead atoms. The Labute approximate surface area is 142 Å². The van der Waals surface area contributed by atoms with Crippen LogP contribution in [0.1, 0.15) is 38.5 Å². The Bertz CT molecular complexity index is 538. The molecule has 0 saturated heterocycles. The first kappa shape index (κ1) is 19.4. The average molecular weight is 328 g/mol. The van der Waals surface area contributed by atoms with E-state index in [0.717, 1.165) is 12.8 Å². The molecule has 0 unspecified atom stereocenters. The van der Waals surface area contributed by atoms with Gasteiger partial charge in [-0.2, -0.15) is 0 Å². The Hall–Kier alpha value is -2.62. The van der Waals surface area contributed by atoms with E-state index in [1.807, 2.05) is 12.1 Å². The van der Waals surface area contributed by atoms with E-state index in [4.69, 9.17) is 10.2 Å². The quantitative estimate of drug-likeness (QED) is 0.679. The molecule has 0 spiro atoms. The zero-order valence-electron chi connectivity index (χ0n) is 13.7. The van der Waals surface area contributed by atoms with E-state index in [9.17, 15) is 9.59 Å². The lowest BCUT2D eigenvalue weighted by atomic mass is 10.1. The van der Waals surface area contributed by atoms with E-state index in [1.54, 1.807) is 0 Å². The molecule has 24 heavy (non-hydrogen) atoms. The Morgan fingerprint density at radius 2 is 0.917 bits per heavy atom. The number of hydrogen-bond donors (Lipinski definition) is 2. The fourth-order valence-electron chi connectivity index (χ4n) is 2.17. The van der Waals surface area contributed by atoms with Gasteiger partial charge >= 0.3 is 11.9 Å². The fourth-order valence-corrected chi connectivity index (χ4v) is 2.17. The van der Waals surface area contributed by atoms with Crippen LogP contribution in [0.2, 0.25) is 0 Å². The van der Waals surface area contributed by atoms with Crippen LogP contribution in [0.25, 0.3) is 11.1 Å². The van der Waals surface area contributed by atoms with E-state index < -0.39 is 11.9 Å². The van der Waals surface area contributed by atoms with Gasteiger partial charge in [0.2, 0.25) is 0 Å². The summed E-state index contributed by atoms with van der Waals surface area (Å²) in [6.45, 7) is 0.